The minimum Gasteiger partial charge on any atom is -0.478 e. The summed E-state index contributed by atoms with van der Waals surface area (Å²) in [6, 6.07) is 7.47. The first-order valence-corrected chi connectivity index (χ1v) is 14.4. The Morgan fingerprint density at radius 1 is 0.935 bits per heavy atom. The molecule has 2 aliphatic heterocycles. The minimum atomic E-state index is -5.14. The molecule has 2 bridgehead atoms. The Hall–Kier alpha value is -4.47. The topological polar surface area (TPSA) is 123 Å². The number of amides is 2. The summed E-state index contributed by atoms with van der Waals surface area (Å²) >= 11 is 0. The molecule has 2 aromatic carbocycles. The number of benzene rings is 2. The molecule has 2 saturated heterocycles. The molecule has 0 radical (unpaired) electrons. The van der Waals surface area contributed by atoms with E-state index in [0.717, 1.165) is 25.0 Å². The first kappa shape index (κ1) is 31.5. The molecule has 1 aromatic heterocycles. The number of para-hydroxylation sites is 1. The van der Waals surface area contributed by atoms with Crippen LogP contribution in [-0.2, 0) is 11.3 Å². The highest BCUT2D eigenvalue weighted by molar-refractivity contribution is 5.94. The SMILES string of the molecule is O=C(O)c1ccc(NC(=O)N2C3CCC2CC(OCc2c(-c4ccccc4OC(F)(F)F)noc2C2CC2)C3)cc1OC(F)(F)F. The van der Waals surface area contributed by atoms with Crippen LogP contribution in [0.15, 0.2) is 47.0 Å². The van der Waals surface area contributed by atoms with Crippen LogP contribution in [0.5, 0.6) is 11.5 Å². The number of anilines is 1. The smallest absolute Gasteiger partial charge is 0.478 e. The van der Waals surface area contributed by atoms with E-state index in [-0.39, 0.29) is 47.7 Å². The van der Waals surface area contributed by atoms with Gasteiger partial charge in [-0.3, -0.25) is 0 Å². The third kappa shape index (κ3) is 7.00. The second kappa shape index (κ2) is 12.0. The van der Waals surface area contributed by atoms with Gasteiger partial charge in [0, 0.05) is 40.9 Å². The number of hydrogen-bond donors (Lipinski definition) is 2. The van der Waals surface area contributed by atoms with Gasteiger partial charge in [0.1, 0.15) is 28.5 Å². The molecule has 16 heteroatoms. The summed E-state index contributed by atoms with van der Waals surface area (Å²) < 4.78 is 97.7. The lowest BCUT2D eigenvalue weighted by Crippen LogP contribution is -2.50. The van der Waals surface area contributed by atoms with Crippen molar-refractivity contribution in [2.45, 2.75) is 82.0 Å². The van der Waals surface area contributed by atoms with Gasteiger partial charge >= 0.3 is 24.7 Å². The Bertz CT molecular complexity index is 1610. The Morgan fingerprint density at radius 2 is 1.59 bits per heavy atom. The number of aromatic carboxylic acids is 1. The molecule has 10 nitrogen and oxygen atoms in total. The molecule has 3 fully saturated rings. The normalized spacial score (nSPS) is 21.3. The lowest BCUT2D eigenvalue weighted by atomic mass is 9.99. The number of nitrogens with one attached hydrogen (secondary N) is 1. The summed E-state index contributed by atoms with van der Waals surface area (Å²) in [5.74, 6) is -2.36. The lowest BCUT2D eigenvalue weighted by Gasteiger charge is -2.38. The molecule has 1 aliphatic carbocycles. The molecule has 2 unspecified atom stereocenters. The zero-order valence-electron chi connectivity index (χ0n) is 23.9. The van der Waals surface area contributed by atoms with Crippen molar-refractivity contribution in [3.05, 3.63) is 59.4 Å². The van der Waals surface area contributed by atoms with Crippen molar-refractivity contribution < 1.29 is 59.8 Å². The van der Waals surface area contributed by atoms with Gasteiger partial charge in [0.2, 0.25) is 0 Å². The van der Waals surface area contributed by atoms with E-state index in [2.05, 4.69) is 19.9 Å². The van der Waals surface area contributed by atoms with Crippen molar-refractivity contribution in [2.75, 3.05) is 5.32 Å². The monoisotopic (exact) mass is 655 g/mol. The average molecular weight is 656 g/mol. The van der Waals surface area contributed by atoms with Crippen molar-refractivity contribution in [1.82, 2.24) is 10.1 Å². The molecule has 0 spiro atoms. The van der Waals surface area contributed by atoms with Crippen LogP contribution in [0.2, 0.25) is 0 Å². The Kier molecular flexibility index (Phi) is 8.25. The fraction of sp³-hybridized carbons (Fsp3) is 0.433. The van der Waals surface area contributed by atoms with Crippen LogP contribution in [0.3, 0.4) is 0 Å². The second-order valence-electron chi connectivity index (χ2n) is 11.4. The van der Waals surface area contributed by atoms with Crippen molar-refractivity contribution in [1.29, 1.82) is 0 Å². The van der Waals surface area contributed by atoms with Gasteiger partial charge in [0.15, 0.2) is 0 Å². The van der Waals surface area contributed by atoms with E-state index in [1.165, 1.54) is 24.3 Å². The lowest BCUT2D eigenvalue weighted by molar-refractivity contribution is -0.275. The minimum absolute atomic E-state index is 0.0131. The molecular formula is C30H27F6N3O7. The maximum atomic E-state index is 13.2. The molecule has 2 amide bonds. The van der Waals surface area contributed by atoms with Crippen LogP contribution < -0.4 is 14.8 Å². The average Bonchev–Trinajstić information content (AvgIpc) is 3.66. The van der Waals surface area contributed by atoms with Gasteiger partial charge in [0.25, 0.3) is 0 Å². The van der Waals surface area contributed by atoms with Crippen LogP contribution in [0.4, 0.5) is 36.8 Å². The van der Waals surface area contributed by atoms with E-state index in [1.54, 1.807) is 11.0 Å². The molecule has 46 heavy (non-hydrogen) atoms. The number of carbonyl (C=O) groups is 2. The van der Waals surface area contributed by atoms with Crippen LogP contribution in [0, 0.1) is 0 Å². The van der Waals surface area contributed by atoms with Crippen molar-refractivity contribution in [2.24, 2.45) is 0 Å². The maximum Gasteiger partial charge on any atom is 0.573 e. The summed E-state index contributed by atoms with van der Waals surface area (Å²) in [6.07, 6.45) is -6.45. The van der Waals surface area contributed by atoms with Crippen LogP contribution in [-0.4, -0.2) is 58.1 Å². The number of carboxylic acid groups (broad SMARTS) is 1. The molecular weight excluding hydrogens is 628 g/mol. The van der Waals surface area contributed by atoms with Crippen LogP contribution >= 0.6 is 0 Å². The number of hydrogen-bond acceptors (Lipinski definition) is 7. The van der Waals surface area contributed by atoms with Gasteiger partial charge in [-0.1, -0.05) is 17.3 Å². The van der Waals surface area contributed by atoms with E-state index in [9.17, 15) is 41.0 Å². The van der Waals surface area contributed by atoms with Crippen molar-refractivity contribution >= 4 is 17.7 Å². The molecule has 3 aliphatic rings. The Morgan fingerprint density at radius 3 is 2.22 bits per heavy atom. The first-order valence-electron chi connectivity index (χ1n) is 14.4. The predicted molar refractivity (Wildman–Crippen MR) is 146 cm³/mol. The number of fused-ring (bicyclic) bond motifs is 2. The first-order chi connectivity index (χ1) is 21.8. The number of aromatic nitrogens is 1. The Labute approximate surface area is 257 Å². The summed E-state index contributed by atoms with van der Waals surface area (Å²) in [5.41, 5.74) is 0.0556. The van der Waals surface area contributed by atoms with Crippen molar-refractivity contribution in [3.63, 3.8) is 0 Å². The highest BCUT2D eigenvalue weighted by Gasteiger charge is 2.44. The van der Waals surface area contributed by atoms with E-state index in [4.69, 9.17) is 9.26 Å². The second-order valence-corrected chi connectivity index (χ2v) is 11.4. The summed E-state index contributed by atoms with van der Waals surface area (Å²) in [6.45, 7) is 0.0131. The molecule has 3 aromatic rings. The van der Waals surface area contributed by atoms with Gasteiger partial charge in [-0.25, -0.2) is 9.59 Å². The Balaban J connectivity index is 1.14. The number of piperidine rings is 1. The predicted octanol–water partition coefficient (Wildman–Crippen LogP) is 7.46. The summed E-state index contributed by atoms with van der Waals surface area (Å²) in [5, 5.41) is 15.8. The number of carbonyl (C=O) groups excluding carboxylic acids is 1. The third-order valence-corrected chi connectivity index (χ3v) is 8.21. The number of nitrogens with zero attached hydrogens (tertiary/aromatic N) is 2. The van der Waals surface area contributed by atoms with Crippen LogP contribution in [0.25, 0.3) is 11.3 Å². The fourth-order valence-corrected chi connectivity index (χ4v) is 6.19. The number of rotatable bonds is 9. The van der Waals surface area contributed by atoms with E-state index >= 15 is 0 Å². The molecule has 2 N–H and O–H groups in total. The molecule has 6 rings (SSSR count). The standard InChI is InChI=1S/C30H27F6N3O7/c31-29(32,33)44-23-4-2-1-3-20(23)25-22(26(46-38-25)15-5-6-15)14-43-19-12-17-8-9-18(13-19)39(17)28(42)37-16-7-10-21(27(40)41)24(11-16)45-30(34,35)36/h1-4,7,10-11,15,17-19H,5-6,8-9,12-14H2,(H,37,42)(H,40,41). The quantitative estimate of drug-likeness (QED) is 0.228. The van der Waals surface area contributed by atoms with Gasteiger partial charge in [-0.2, -0.15) is 0 Å². The van der Waals surface area contributed by atoms with Gasteiger partial charge in [0.05, 0.1) is 12.7 Å². The molecule has 246 valence electrons. The van der Waals surface area contributed by atoms with E-state index in [0.29, 0.717) is 37.0 Å². The van der Waals surface area contributed by atoms with Gasteiger partial charge < -0.3 is 34.1 Å². The van der Waals surface area contributed by atoms with E-state index < -0.39 is 41.8 Å². The highest BCUT2D eigenvalue weighted by Crippen LogP contribution is 2.46. The molecule has 1 saturated carbocycles. The van der Waals surface area contributed by atoms with Crippen LogP contribution in [0.1, 0.15) is 66.1 Å². The fourth-order valence-electron chi connectivity index (χ4n) is 6.19. The largest absolute Gasteiger partial charge is 0.573 e. The molecule has 2 atom stereocenters. The summed E-state index contributed by atoms with van der Waals surface area (Å²) in [4.78, 5) is 26.2. The molecule has 3 heterocycles. The zero-order chi connectivity index (χ0) is 32.8. The number of urea groups is 1. The van der Waals surface area contributed by atoms with E-state index in [1.807, 2.05) is 0 Å². The highest BCUT2D eigenvalue weighted by atomic mass is 19.4. The number of carboxylic acids is 1. The number of halogens is 6. The van der Waals surface area contributed by atoms with Gasteiger partial charge in [-0.05, 0) is 62.8 Å². The number of ether oxygens (including phenoxy) is 3. The third-order valence-electron chi connectivity index (χ3n) is 8.21. The summed E-state index contributed by atoms with van der Waals surface area (Å²) in [7, 11) is 0. The number of alkyl halides is 6. The van der Waals surface area contributed by atoms with Gasteiger partial charge in [-0.15, -0.1) is 26.3 Å². The maximum absolute atomic E-state index is 13.2. The zero-order valence-corrected chi connectivity index (χ0v) is 23.9. The van der Waals surface area contributed by atoms with Crippen molar-refractivity contribution in [3.8, 4) is 22.8 Å².